The van der Waals surface area contributed by atoms with E-state index >= 15 is 0 Å². The van der Waals surface area contributed by atoms with Crippen LogP contribution in [0.5, 0.6) is 0 Å². The van der Waals surface area contributed by atoms with Crippen molar-refractivity contribution in [2.75, 3.05) is 13.2 Å². The smallest absolute Gasteiger partial charge is 0.326 e. The van der Waals surface area contributed by atoms with Crippen LogP contribution in [-0.4, -0.2) is 47.3 Å². The van der Waals surface area contributed by atoms with Crippen molar-refractivity contribution in [3.8, 4) is 0 Å². The van der Waals surface area contributed by atoms with E-state index in [1.807, 2.05) is 12.1 Å². The summed E-state index contributed by atoms with van der Waals surface area (Å²) in [5.41, 5.74) is 0.494. The molecule has 2 rings (SSSR count). The number of carbonyl (C=O) groups excluding carboxylic acids is 4. The van der Waals surface area contributed by atoms with Gasteiger partial charge in [-0.15, -0.1) is 0 Å². The molecule has 0 spiro atoms. The fraction of sp³-hybridized carbons (Fsp3) is 0.444. The van der Waals surface area contributed by atoms with Crippen LogP contribution >= 0.6 is 0 Å². The van der Waals surface area contributed by atoms with E-state index in [0.29, 0.717) is 11.5 Å². The lowest BCUT2D eigenvalue weighted by Gasteiger charge is -2.15. The molecule has 1 aliphatic rings. The molecule has 1 heterocycles. The fourth-order valence-electron chi connectivity index (χ4n) is 2.42. The van der Waals surface area contributed by atoms with E-state index < -0.39 is 36.6 Å². The molecule has 25 heavy (non-hydrogen) atoms. The molecule has 0 saturated carbocycles. The molecule has 1 fully saturated rings. The van der Waals surface area contributed by atoms with Crippen LogP contribution in [0.25, 0.3) is 0 Å². The Morgan fingerprint density at radius 2 is 1.76 bits per heavy atom. The average Bonchev–Trinajstić information content (AvgIpc) is 2.74. The van der Waals surface area contributed by atoms with Crippen LogP contribution in [0.2, 0.25) is 0 Å². The van der Waals surface area contributed by atoms with Crippen molar-refractivity contribution in [2.45, 2.75) is 39.2 Å². The van der Waals surface area contributed by atoms with E-state index in [2.05, 4.69) is 19.2 Å². The molecule has 7 heteroatoms. The summed E-state index contributed by atoms with van der Waals surface area (Å²) in [6, 6.07) is 6.43. The van der Waals surface area contributed by atoms with E-state index in [9.17, 15) is 19.2 Å². The van der Waals surface area contributed by atoms with Crippen LogP contribution < -0.4 is 5.32 Å². The second kappa shape index (κ2) is 7.04. The Bertz CT molecular complexity index is 707. The molecule has 134 valence electrons. The van der Waals surface area contributed by atoms with Gasteiger partial charge in [-0.25, -0.2) is 4.79 Å². The Hall–Kier alpha value is -2.70. The highest BCUT2D eigenvalue weighted by molar-refractivity contribution is 6.08. The summed E-state index contributed by atoms with van der Waals surface area (Å²) in [5, 5.41) is 2.47. The lowest BCUT2D eigenvalue weighted by atomic mass is 10.0. The fourth-order valence-corrected chi connectivity index (χ4v) is 2.42. The first-order valence-electron chi connectivity index (χ1n) is 8.04. The van der Waals surface area contributed by atoms with Gasteiger partial charge in [0.05, 0.1) is 0 Å². The lowest BCUT2D eigenvalue weighted by molar-refractivity contribution is -0.146. The SMILES string of the molecule is CC(C)c1ccc(C(=O)COC(=O)CN2C(=O)NC(C)(C)C2=O)cc1. The van der Waals surface area contributed by atoms with Gasteiger partial charge in [0, 0.05) is 5.56 Å². The van der Waals surface area contributed by atoms with Crippen molar-refractivity contribution in [1.82, 2.24) is 10.2 Å². The van der Waals surface area contributed by atoms with Gasteiger partial charge in [0.15, 0.2) is 12.4 Å². The molecule has 1 N–H and O–H groups in total. The number of ketones is 1. The predicted molar refractivity (Wildman–Crippen MR) is 90.1 cm³/mol. The second-order valence-corrected chi connectivity index (χ2v) is 6.81. The molecule has 0 bridgehead atoms. The number of benzene rings is 1. The average molecular weight is 346 g/mol. The van der Waals surface area contributed by atoms with Gasteiger partial charge < -0.3 is 10.1 Å². The Balaban J connectivity index is 1.88. The van der Waals surface area contributed by atoms with Gasteiger partial charge in [-0.3, -0.25) is 19.3 Å². The number of urea groups is 1. The number of hydrogen-bond acceptors (Lipinski definition) is 5. The molecular weight excluding hydrogens is 324 g/mol. The number of imide groups is 1. The van der Waals surface area contributed by atoms with Gasteiger partial charge in [-0.05, 0) is 25.3 Å². The zero-order chi connectivity index (χ0) is 18.8. The number of ether oxygens (including phenoxy) is 1. The third-order valence-corrected chi connectivity index (χ3v) is 4.00. The highest BCUT2D eigenvalue weighted by Gasteiger charge is 2.45. The monoisotopic (exact) mass is 346 g/mol. The number of nitrogens with one attached hydrogen (secondary N) is 1. The van der Waals surface area contributed by atoms with E-state index in [0.717, 1.165) is 10.5 Å². The highest BCUT2D eigenvalue weighted by Crippen LogP contribution is 2.17. The minimum atomic E-state index is -1.05. The number of hydrogen-bond donors (Lipinski definition) is 1. The molecule has 1 aromatic rings. The highest BCUT2D eigenvalue weighted by atomic mass is 16.5. The third kappa shape index (κ3) is 4.23. The summed E-state index contributed by atoms with van der Waals surface area (Å²) in [6.07, 6.45) is 0. The quantitative estimate of drug-likeness (QED) is 0.482. The number of amides is 3. The topological polar surface area (TPSA) is 92.8 Å². The minimum Gasteiger partial charge on any atom is -0.456 e. The molecule has 1 aromatic carbocycles. The van der Waals surface area contributed by atoms with Crippen molar-refractivity contribution >= 4 is 23.7 Å². The predicted octanol–water partition coefficient (Wildman–Crippen LogP) is 1.87. The minimum absolute atomic E-state index is 0.346. The van der Waals surface area contributed by atoms with Gasteiger partial charge in [0.25, 0.3) is 5.91 Å². The molecule has 0 aromatic heterocycles. The van der Waals surface area contributed by atoms with E-state index in [1.165, 1.54) is 0 Å². The first-order chi connectivity index (χ1) is 11.6. The number of nitrogens with zero attached hydrogens (tertiary/aromatic N) is 1. The maximum atomic E-state index is 12.1. The summed E-state index contributed by atoms with van der Waals surface area (Å²) in [4.78, 5) is 48.4. The Kier molecular flexibility index (Phi) is 5.25. The van der Waals surface area contributed by atoms with Crippen LogP contribution in [0.4, 0.5) is 4.79 Å². The Morgan fingerprint density at radius 3 is 2.24 bits per heavy atom. The van der Waals surface area contributed by atoms with Gasteiger partial charge in [0.2, 0.25) is 0 Å². The number of esters is 1. The number of Topliss-reactive ketones (excluding diaryl/α,β-unsaturated/α-hetero) is 1. The molecule has 0 atom stereocenters. The van der Waals surface area contributed by atoms with Crippen LogP contribution in [-0.2, 0) is 14.3 Å². The van der Waals surface area contributed by atoms with Crippen LogP contribution in [0.3, 0.4) is 0 Å². The Morgan fingerprint density at radius 1 is 1.16 bits per heavy atom. The van der Waals surface area contributed by atoms with Crippen molar-refractivity contribution in [1.29, 1.82) is 0 Å². The van der Waals surface area contributed by atoms with Crippen molar-refractivity contribution in [3.05, 3.63) is 35.4 Å². The van der Waals surface area contributed by atoms with Crippen molar-refractivity contribution in [3.63, 3.8) is 0 Å². The molecule has 0 aliphatic carbocycles. The molecule has 0 radical (unpaired) electrons. The largest absolute Gasteiger partial charge is 0.456 e. The molecular formula is C18H22N2O5. The third-order valence-electron chi connectivity index (χ3n) is 4.00. The van der Waals surface area contributed by atoms with Gasteiger partial charge in [-0.1, -0.05) is 38.1 Å². The summed E-state index contributed by atoms with van der Waals surface area (Å²) in [7, 11) is 0. The zero-order valence-corrected chi connectivity index (χ0v) is 14.8. The van der Waals surface area contributed by atoms with Crippen LogP contribution in [0.1, 0.15) is 49.5 Å². The maximum absolute atomic E-state index is 12.1. The summed E-state index contributed by atoms with van der Waals surface area (Å²) in [5.74, 6) is -1.31. The van der Waals surface area contributed by atoms with E-state index in [-0.39, 0.29) is 5.78 Å². The summed E-state index contributed by atoms with van der Waals surface area (Å²) >= 11 is 0. The van der Waals surface area contributed by atoms with Crippen LogP contribution in [0.15, 0.2) is 24.3 Å². The summed E-state index contributed by atoms with van der Waals surface area (Å²) in [6.45, 7) is 6.23. The summed E-state index contributed by atoms with van der Waals surface area (Å²) < 4.78 is 4.90. The Labute approximate surface area is 146 Å². The van der Waals surface area contributed by atoms with Crippen molar-refractivity contribution < 1.29 is 23.9 Å². The molecule has 0 unspecified atom stereocenters. The van der Waals surface area contributed by atoms with Crippen LogP contribution in [0, 0.1) is 0 Å². The van der Waals surface area contributed by atoms with E-state index in [4.69, 9.17) is 4.74 Å². The van der Waals surface area contributed by atoms with Gasteiger partial charge in [0.1, 0.15) is 12.1 Å². The standard InChI is InChI=1S/C18H22N2O5/c1-11(2)12-5-7-13(8-6-12)14(21)10-25-15(22)9-20-16(23)18(3,4)19-17(20)24/h5-8,11H,9-10H2,1-4H3,(H,19,24). The van der Waals surface area contributed by atoms with Crippen molar-refractivity contribution in [2.24, 2.45) is 0 Å². The molecule has 1 saturated heterocycles. The van der Waals surface area contributed by atoms with Gasteiger partial charge >= 0.3 is 12.0 Å². The molecule has 1 aliphatic heterocycles. The first kappa shape index (κ1) is 18.6. The van der Waals surface area contributed by atoms with E-state index in [1.54, 1.807) is 26.0 Å². The van der Waals surface area contributed by atoms with Gasteiger partial charge in [-0.2, -0.15) is 0 Å². The maximum Gasteiger partial charge on any atom is 0.326 e. The normalized spacial score (nSPS) is 16.1. The first-order valence-corrected chi connectivity index (χ1v) is 8.04. The second-order valence-electron chi connectivity index (χ2n) is 6.81. The zero-order valence-electron chi connectivity index (χ0n) is 14.8. The number of carbonyl (C=O) groups is 4. The molecule has 7 nitrogen and oxygen atoms in total. The lowest BCUT2D eigenvalue weighted by Crippen LogP contribution is -2.41. The molecule has 3 amide bonds. The number of rotatable bonds is 6.